The molecule has 0 spiro atoms. The Labute approximate surface area is 130 Å². The first-order valence-corrected chi connectivity index (χ1v) is 7.61. The number of nitrogens with one attached hydrogen (secondary N) is 1. The van der Waals surface area contributed by atoms with Crippen LogP contribution in [0.3, 0.4) is 0 Å². The van der Waals surface area contributed by atoms with E-state index in [0.29, 0.717) is 0 Å². The molecule has 0 radical (unpaired) electrons. The molecular weight excluding hydrogens is 275 g/mol. The van der Waals surface area contributed by atoms with Gasteiger partial charge in [0.15, 0.2) is 0 Å². The third-order valence-electron chi connectivity index (χ3n) is 3.98. The Morgan fingerprint density at radius 2 is 1.77 bits per heavy atom. The van der Waals surface area contributed by atoms with Crippen molar-refractivity contribution in [3.8, 4) is 0 Å². The Balaban J connectivity index is 1.79. The van der Waals surface area contributed by atoms with E-state index in [0.717, 1.165) is 36.1 Å². The quantitative estimate of drug-likeness (QED) is 0.701. The predicted octanol–water partition coefficient (Wildman–Crippen LogP) is 4.70. The third-order valence-corrected chi connectivity index (χ3v) is 3.98. The molecule has 112 valence electrons. The van der Waals surface area contributed by atoms with Crippen molar-refractivity contribution in [1.82, 2.24) is 9.97 Å². The van der Waals surface area contributed by atoms with E-state index in [1.165, 1.54) is 0 Å². The summed E-state index contributed by atoms with van der Waals surface area (Å²) < 4.78 is 14.2. The lowest BCUT2D eigenvalue weighted by Crippen LogP contribution is -2.04. The molecule has 2 aromatic carbocycles. The molecule has 0 saturated heterocycles. The monoisotopic (exact) mass is 294 g/mol. The summed E-state index contributed by atoms with van der Waals surface area (Å²) in [5.41, 5.74) is 3.07. The van der Waals surface area contributed by atoms with Crippen molar-refractivity contribution >= 4 is 0 Å². The van der Waals surface area contributed by atoms with Crippen molar-refractivity contribution in [2.45, 2.75) is 25.2 Å². The lowest BCUT2D eigenvalue weighted by Gasteiger charge is -2.18. The Morgan fingerprint density at radius 1 is 1.00 bits per heavy atom. The number of aromatic amines is 1. The average molecular weight is 294 g/mol. The molecule has 3 heteroatoms. The number of hydrogen-bond acceptors (Lipinski definition) is 1. The summed E-state index contributed by atoms with van der Waals surface area (Å²) in [5, 5.41) is 0. The van der Waals surface area contributed by atoms with Crippen molar-refractivity contribution in [1.29, 1.82) is 0 Å². The molecule has 0 fully saturated rings. The van der Waals surface area contributed by atoms with Crippen molar-refractivity contribution in [3.63, 3.8) is 0 Å². The molecule has 2 nitrogen and oxygen atoms in total. The van der Waals surface area contributed by atoms with Crippen LogP contribution in [0.2, 0.25) is 0 Å². The minimum Gasteiger partial charge on any atom is -0.348 e. The molecule has 1 N–H and O–H groups in total. The van der Waals surface area contributed by atoms with Gasteiger partial charge in [-0.25, -0.2) is 9.37 Å². The van der Waals surface area contributed by atoms with E-state index in [-0.39, 0.29) is 11.7 Å². The second-order valence-corrected chi connectivity index (χ2v) is 5.45. The van der Waals surface area contributed by atoms with Crippen LogP contribution in [0.1, 0.15) is 35.6 Å². The molecule has 0 aliphatic rings. The first kappa shape index (κ1) is 14.5. The molecule has 0 bridgehead atoms. The maximum Gasteiger partial charge on any atom is 0.127 e. The Morgan fingerprint density at radius 3 is 2.50 bits per heavy atom. The Hall–Kier alpha value is -2.42. The highest BCUT2D eigenvalue weighted by Crippen LogP contribution is 2.31. The van der Waals surface area contributed by atoms with Gasteiger partial charge in [-0.05, 0) is 36.5 Å². The number of imidazole rings is 1. The van der Waals surface area contributed by atoms with Gasteiger partial charge in [0, 0.05) is 17.8 Å². The molecule has 0 aliphatic heterocycles. The predicted molar refractivity (Wildman–Crippen MR) is 86.2 cm³/mol. The number of rotatable bonds is 6. The second kappa shape index (κ2) is 7.03. The van der Waals surface area contributed by atoms with E-state index < -0.39 is 0 Å². The van der Waals surface area contributed by atoms with Gasteiger partial charge in [-0.3, -0.25) is 0 Å². The minimum absolute atomic E-state index is 0.0883. The number of H-pyrrole nitrogens is 1. The number of halogens is 1. The number of nitrogens with zero attached hydrogens (tertiary/aromatic N) is 1. The fraction of sp³-hybridized carbons (Fsp3) is 0.211. The fourth-order valence-corrected chi connectivity index (χ4v) is 2.86. The smallest absolute Gasteiger partial charge is 0.127 e. The lowest BCUT2D eigenvalue weighted by atomic mass is 9.86. The SMILES string of the molecule is Fc1ccccc1C(CCCc1cnc[nH]1)c1ccccc1. The van der Waals surface area contributed by atoms with Gasteiger partial charge in [0.05, 0.1) is 6.33 Å². The topological polar surface area (TPSA) is 28.7 Å². The van der Waals surface area contributed by atoms with Gasteiger partial charge >= 0.3 is 0 Å². The van der Waals surface area contributed by atoms with Gasteiger partial charge in [0.1, 0.15) is 5.82 Å². The van der Waals surface area contributed by atoms with Crippen molar-refractivity contribution < 1.29 is 4.39 Å². The van der Waals surface area contributed by atoms with Crippen LogP contribution in [0.5, 0.6) is 0 Å². The van der Waals surface area contributed by atoms with Crippen LogP contribution in [0, 0.1) is 5.82 Å². The fourth-order valence-electron chi connectivity index (χ4n) is 2.86. The van der Waals surface area contributed by atoms with Crippen LogP contribution in [0.15, 0.2) is 67.1 Å². The van der Waals surface area contributed by atoms with E-state index in [1.54, 1.807) is 18.5 Å². The summed E-state index contributed by atoms with van der Waals surface area (Å²) in [4.78, 5) is 7.15. The summed E-state index contributed by atoms with van der Waals surface area (Å²) in [6.07, 6.45) is 6.36. The van der Waals surface area contributed by atoms with Crippen molar-refractivity contribution in [2.24, 2.45) is 0 Å². The van der Waals surface area contributed by atoms with E-state index in [9.17, 15) is 4.39 Å². The summed E-state index contributed by atoms with van der Waals surface area (Å²) in [5.74, 6) is -0.0387. The van der Waals surface area contributed by atoms with Crippen LogP contribution in [0.4, 0.5) is 4.39 Å². The first-order valence-electron chi connectivity index (χ1n) is 7.61. The zero-order valence-electron chi connectivity index (χ0n) is 12.4. The van der Waals surface area contributed by atoms with Crippen molar-refractivity contribution in [2.75, 3.05) is 0 Å². The molecule has 3 aromatic rings. The standard InChI is InChI=1S/C19H19FN2/c20-19-12-5-4-10-18(19)17(15-7-2-1-3-8-15)11-6-9-16-13-21-14-22-16/h1-5,7-8,10,12-14,17H,6,9,11H2,(H,21,22). The maximum absolute atomic E-state index is 14.2. The van der Waals surface area contributed by atoms with Gasteiger partial charge in [-0.2, -0.15) is 0 Å². The summed E-state index contributed by atoms with van der Waals surface area (Å²) >= 11 is 0. The lowest BCUT2D eigenvalue weighted by molar-refractivity contribution is 0.575. The van der Waals surface area contributed by atoms with E-state index in [4.69, 9.17) is 0 Å². The zero-order valence-corrected chi connectivity index (χ0v) is 12.4. The molecule has 1 atom stereocenters. The van der Waals surface area contributed by atoms with Gasteiger partial charge in [0.2, 0.25) is 0 Å². The minimum atomic E-state index is -0.127. The molecule has 0 amide bonds. The summed E-state index contributed by atoms with van der Waals surface area (Å²) in [6, 6.07) is 17.3. The highest BCUT2D eigenvalue weighted by Gasteiger charge is 2.17. The van der Waals surface area contributed by atoms with E-state index in [2.05, 4.69) is 22.1 Å². The van der Waals surface area contributed by atoms with Crippen LogP contribution >= 0.6 is 0 Å². The zero-order chi connectivity index (χ0) is 15.2. The third kappa shape index (κ3) is 3.42. The number of aromatic nitrogens is 2. The van der Waals surface area contributed by atoms with Gasteiger partial charge < -0.3 is 4.98 Å². The van der Waals surface area contributed by atoms with E-state index in [1.807, 2.05) is 36.5 Å². The summed E-state index contributed by atoms with van der Waals surface area (Å²) in [6.45, 7) is 0. The van der Waals surface area contributed by atoms with Crippen molar-refractivity contribution in [3.05, 3.63) is 89.8 Å². The maximum atomic E-state index is 14.2. The molecule has 0 saturated carbocycles. The highest BCUT2D eigenvalue weighted by atomic mass is 19.1. The average Bonchev–Trinajstić information content (AvgIpc) is 3.07. The largest absolute Gasteiger partial charge is 0.348 e. The van der Waals surface area contributed by atoms with Crippen LogP contribution in [0.25, 0.3) is 0 Å². The summed E-state index contributed by atoms with van der Waals surface area (Å²) in [7, 11) is 0. The molecule has 0 aliphatic carbocycles. The van der Waals surface area contributed by atoms with E-state index >= 15 is 0 Å². The molecule has 1 aromatic heterocycles. The van der Waals surface area contributed by atoms with Crippen LogP contribution in [-0.2, 0) is 6.42 Å². The van der Waals surface area contributed by atoms with Gasteiger partial charge in [0.25, 0.3) is 0 Å². The number of hydrogen-bond donors (Lipinski definition) is 1. The normalized spacial score (nSPS) is 12.2. The van der Waals surface area contributed by atoms with Gasteiger partial charge in [-0.1, -0.05) is 48.5 Å². The van der Waals surface area contributed by atoms with Crippen LogP contribution < -0.4 is 0 Å². The van der Waals surface area contributed by atoms with Gasteiger partial charge in [-0.15, -0.1) is 0 Å². The highest BCUT2D eigenvalue weighted by molar-refractivity contribution is 5.33. The molecule has 1 unspecified atom stereocenters. The molecule has 22 heavy (non-hydrogen) atoms. The molecule has 1 heterocycles. The Kier molecular flexibility index (Phi) is 4.64. The molecule has 3 rings (SSSR count). The number of aryl methyl sites for hydroxylation is 1. The second-order valence-electron chi connectivity index (χ2n) is 5.45. The first-order chi connectivity index (χ1) is 10.8. The Bertz CT molecular complexity index is 692. The molecular formula is C19H19FN2. The number of benzene rings is 2. The van der Waals surface area contributed by atoms with Crippen LogP contribution in [-0.4, -0.2) is 9.97 Å².